The average molecular weight is 389 g/mol. The largest absolute Gasteiger partial charge is 0.466 e. The number of rotatable bonds is 8. The van der Waals surface area contributed by atoms with Crippen LogP contribution < -0.4 is 0 Å². The molecule has 1 fully saturated rings. The number of hydrogen-bond acceptors (Lipinski definition) is 6. The molecule has 28 heavy (non-hydrogen) atoms. The lowest BCUT2D eigenvalue weighted by Crippen LogP contribution is -2.40. The molecule has 0 saturated carbocycles. The van der Waals surface area contributed by atoms with Crippen molar-refractivity contribution in [2.24, 2.45) is 0 Å². The summed E-state index contributed by atoms with van der Waals surface area (Å²) < 4.78 is 15.9. The van der Waals surface area contributed by atoms with E-state index in [0.717, 1.165) is 5.56 Å². The maximum Gasteiger partial charge on any atom is 0.335 e. The van der Waals surface area contributed by atoms with Gasteiger partial charge in [0, 0.05) is 12.1 Å². The Balaban J connectivity index is 1.88. The van der Waals surface area contributed by atoms with Crippen molar-refractivity contribution in [2.45, 2.75) is 44.4 Å². The highest BCUT2D eigenvalue weighted by Gasteiger charge is 2.35. The van der Waals surface area contributed by atoms with Gasteiger partial charge >= 0.3 is 5.97 Å². The first kappa shape index (κ1) is 20.5. The Labute approximate surface area is 164 Å². The smallest absolute Gasteiger partial charge is 0.335 e. The fourth-order valence-electron chi connectivity index (χ4n) is 3.79. The van der Waals surface area contributed by atoms with Gasteiger partial charge in [-0.15, -0.1) is 0 Å². The lowest BCUT2D eigenvalue weighted by molar-refractivity contribution is -0.138. The van der Waals surface area contributed by atoms with Crippen LogP contribution in [0.3, 0.4) is 0 Å². The Morgan fingerprint density at radius 2 is 1.96 bits per heavy atom. The molecule has 0 aliphatic carbocycles. The lowest BCUT2D eigenvalue weighted by atomic mass is 9.94. The molecule has 0 spiro atoms. The van der Waals surface area contributed by atoms with Crippen molar-refractivity contribution in [3.63, 3.8) is 0 Å². The van der Waals surface area contributed by atoms with Crippen LogP contribution in [-0.2, 0) is 23.8 Å². The number of esters is 1. The van der Waals surface area contributed by atoms with Crippen LogP contribution in [0.15, 0.2) is 41.6 Å². The van der Waals surface area contributed by atoms with Gasteiger partial charge < -0.3 is 24.2 Å². The van der Waals surface area contributed by atoms with Crippen LogP contribution in [0.4, 0.5) is 0 Å². The number of carbonyl (C=O) groups is 2. The number of carbonyl (C=O) groups excluding carboxylic acids is 2. The Kier molecular flexibility index (Phi) is 7.19. The van der Waals surface area contributed by atoms with E-state index in [9.17, 15) is 14.7 Å². The Morgan fingerprint density at radius 3 is 2.61 bits per heavy atom. The highest BCUT2D eigenvalue weighted by molar-refractivity contribution is 5.93. The second kappa shape index (κ2) is 9.82. The summed E-state index contributed by atoms with van der Waals surface area (Å²) in [6.45, 7) is 0.945. The molecular formula is C21H27NO6. The Bertz CT molecular complexity index is 711. The molecule has 2 aliphatic rings. The van der Waals surface area contributed by atoms with Crippen molar-refractivity contribution < 1.29 is 28.9 Å². The van der Waals surface area contributed by atoms with Gasteiger partial charge in [0.1, 0.15) is 0 Å². The molecule has 3 rings (SSSR count). The summed E-state index contributed by atoms with van der Waals surface area (Å²) in [6, 6.07) is 8.82. The predicted molar refractivity (Wildman–Crippen MR) is 101 cm³/mol. The minimum atomic E-state index is -0.539. The van der Waals surface area contributed by atoms with Gasteiger partial charge in [0.2, 0.25) is 5.91 Å². The van der Waals surface area contributed by atoms with E-state index >= 15 is 0 Å². The van der Waals surface area contributed by atoms with E-state index in [2.05, 4.69) is 0 Å². The molecule has 1 amide bonds. The third kappa shape index (κ3) is 4.60. The van der Waals surface area contributed by atoms with Crippen LogP contribution in [0, 0.1) is 0 Å². The molecule has 0 aromatic heterocycles. The molecule has 2 aliphatic heterocycles. The number of methoxy groups -OCH3 is 1. The number of nitrogens with zero attached hydrogens (tertiary/aromatic N) is 1. The molecule has 1 N–H and O–H groups in total. The number of amides is 1. The van der Waals surface area contributed by atoms with Crippen molar-refractivity contribution in [2.75, 3.05) is 26.9 Å². The highest BCUT2D eigenvalue weighted by atomic mass is 16.7. The maximum atomic E-state index is 12.8. The summed E-state index contributed by atoms with van der Waals surface area (Å²) >= 11 is 0. The number of allylic oxidation sites excluding steroid dienone is 1. The van der Waals surface area contributed by atoms with Crippen LogP contribution in [0.25, 0.3) is 0 Å². The minimum Gasteiger partial charge on any atom is -0.466 e. The highest BCUT2D eigenvalue weighted by Crippen LogP contribution is 2.35. The van der Waals surface area contributed by atoms with Gasteiger partial charge in [-0.3, -0.25) is 4.79 Å². The summed E-state index contributed by atoms with van der Waals surface area (Å²) in [5.74, 6) is -0.524. The maximum absolute atomic E-state index is 12.8. The second-order valence-electron chi connectivity index (χ2n) is 6.85. The van der Waals surface area contributed by atoms with Crippen LogP contribution in [0.2, 0.25) is 0 Å². The number of benzene rings is 1. The average Bonchev–Trinajstić information content (AvgIpc) is 3.24. The van der Waals surface area contributed by atoms with Crippen molar-refractivity contribution in [1.29, 1.82) is 0 Å². The summed E-state index contributed by atoms with van der Waals surface area (Å²) in [6.07, 6.45) is 2.19. The summed E-state index contributed by atoms with van der Waals surface area (Å²) in [5, 5.41) is 10.1. The zero-order valence-corrected chi connectivity index (χ0v) is 16.1. The van der Waals surface area contributed by atoms with Crippen LogP contribution in [0.5, 0.6) is 0 Å². The third-order valence-corrected chi connectivity index (χ3v) is 5.14. The standard InChI is InChI=1S/C21H27NO6/c1-26-21(25)16-10-11-19(24)22(18(14-23)15-6-3-2-4-7-15)17(16)8-5-9-20-27-12-13-28-20/h2-4,6-7,18,20,23H,5,8-14H2,1H3/t18-/m0/s1. The quantitative estimate of drug-likeness (QED) is 0.687. The van der Waals surface area contributed by atoms with Gasteiger partial charge in [-0.05, 0) is 31.2 Å². The van der Waals surface area contributed by atoms with Gasteiger partial charge in [-0.2, -0.15) is 0 Å². The van der Waals surface area contributed by atoms with Gasteiger partial charge in [-0.25, -0.2) is 4.79 Å². The van der Waals surface area contributed by atoms with E-state index in [1.807, 2.05) is 30.3 Å². The van der Waals surface area contributed by atoms with Crippen LogP contribution >= 0.6 is 0 Å². The first-order chi connectivity index (χ1) is 13.7. The zero-order chi connectivity index (χ0) is 19.9. The number of hydrogen-bond donors (Lipinski definition) is 1. The van der Waals surface area contributed by atoms with Crippen molar-refractivity contribution in [3.05, 3.63) is 47.2 Å². The van der Waals surface area contributed by atoms with Crippen LogP contribution in [-0.4, -0.2) is 55.1 Å². The predicted octanol–water partition coefficient (Wildman–Crippen LogP) is 2.31. The lowest BCUT2D eigenvalue weighted by Gasteiger charge is -2.37. The number of aliphatic hydroxyl groups excluding tert-OH is 1. The summed E-state index contributed by atoms with van der Waals surface area (Å²) in [4.78, 5) is 26.8. The third-order valence-electron chi connectivity index (χ3n) is 5.14. The number of aliphatic hydroxyl groups is 1. The molecule has 0 radical (unpaired) electrons. The summed E-state index contributed by atoms with van der Waals surface area (Å²) in [7, 11) is 1.34. The van der Waals surface area contributed by atoms with E-state index < -0.39 is 12.0 Å². The minimum absolute atomic E-state index is 0.0982. The van der Waals surface area contributed by atoms with Crippen molar-refractivity contribution in [3.8, 4) is 0 Å². The van der Waals surface area contributed by atoms with E-state index in [4.69, 9.17) is 14.2 Å². The molecule has 7 heteroatoms. The van der Waals surface area contributed by atoms with E-state index in [0.29, 0.717) is 50.2 Å². The molecular weight excluding hydrogens is 362 g/mol. The zero-order valence-electron chi connectivity index (χ0n) is 16.1. The first-order valence-corrected chi connectivity index (χ1v) is 9.67. The Hall–Kier alpha value is -2.22. The number of ether oxygens (including phenoxy) is 3. The van der Waals surface area contributed by atoms with Crippen molar-refractivity contribution in [1.82, 2.24) is 4.90 Å². The van der Waals surface area contributed by atoms with Crippen molar-refractivity contribution >= 4 is 11.9 Å². The van der Waals surface area contributed by atoms with Gasteiger partial charge in [-0.1, -0.05) is 30.3 Å². The topological polar surface area (TPSA) is 85.3 Å². The molecule has 1 aromatic rings. The molecule has 0 bridgehead atoms. The van der Waals surface area contributed by atoms with E-state index in [1.165, 1.54) is 7.11 Å². The molecule has 2 heterocycles. The van der Waals surface area contributed by atoms with E-state index in [1.54, 1.807) is 4.90 Å². The SMILES string of the molecule is COC(=O)C1=C(CCCC2OCCO2)N([C@@H](CO)c2ccccc2)C(=O)CC1. The summed E-state index contributed by atoms with van der Waals surface area (Å²) in [5.41, 5.74) is 1.96. The molecule has 7 nitrogen and oxygen atoms in total. The molecule has 0 unspecified atom stereocenters. The monoisotopic (exact) mass is 389 g/mol. The van der Waals surface area contributed by atoms with Gasteiger partial charge in [0.15, 0.2) is 6.29 Å². The van der Waals surface area contributed by atoms with E-state index in [-0.39, 0.29) is 25.2 Å². The Morgan fingerprint density at radius 1 is 1.25 bits per heavy atom. The normalized spacial score (nSPS) is 19.2. The molecule has 1 aromatic carbocycles. The fourth-order valence-corrected chi connectivity index (χ4v) is 3.79. The molecule has 1 saturated heterocycles. The van der Waals surface area contributed by atoms with Gasteiger partial charge in [0.25, 0.3) is 0 Å². The van der Waals surface area contributed by atoms with Crippen LogP contribution in [0.1, 0.15) is 43.7 Å². The second-order valence-corrected chi connectivity index (χ2v) is 6.85. The fraction of sp³-hybridized carbons (Fsp3) is 0.524. The molecule has 152 valence electrons. The van der Waals surface area contributed by atoms with Gasteiger partial charge in [0.05, 0.1) is 38.5 Å². The molecule has 1 atom stereocenters. The first-order valence-electron chi connectivity index (χ1n) is 9.67.